The van der Waals surface area contributed by atoms with Crippen molar-refractivity contribution in [2.45, 2.75) is 36.7 Å². The molecule has 3 rings (SSSR count). The standard InChI is InChI=1S/C20H24O2/c1-3-14-19(16-10-6-4-7-11-16)18(21)20(19,15-22-2)17-12-8-5-9-13-17/h4-13,18,21H,3,14-15H2,1-2H3/t18-,19+,20+/m1/s1. The van der Waals surface area contributed by atoms with Gasteiger partial charge in [0.1, 0.15) is 0 Å². The fourth-order valence-electron chi connectivity index (χ4n) is 4.30. The summed E-state index contributed by atoms with van der Waals surface area (Å²) in [5.74, 6) is 0. The van der Waals surface area contributed by atoms with Crippen molar-refractivity contribution >= 4 is 0 Å². The highest BCUT2D eigenvalue weighted by Crippen LogP contribution is 2.67. The molecule has 0 radical (unpaired) electrons. The zero-order valence-electron chi connectivity index (χ0n) is 13.3. The number of hydrogen-bond donors (Lipinski definition) is 1. The lowest BCUT2D eigenvalue weighted by atomic mass is 9.79. The molecule has 0 bridgehead atoms. The van der Waals surface area contributed by atoms with Gasteiger partial charge in [0.05, 0.1) is 18.1 Å². The molecule has 3 atom stereocenters. The molecule has 1 aliphatic rings. The largest absolute Gasteiger partial charge is 0.391 e. The van der Waals surface area contributed by atoms with Crippen molar-refractivity contribution in [3.63, 3.8) is 0 Å². The minimum absolute atomic E-state index is 0.250. The molecule has 2 aromatic rings. The van der Waals surface area contributed by atoms with Crippen molar-refractivity contribution in [1.82, 2.24) is 0 Å². The maximum atomic E-state index is 11.1. The molecule has 0 spiro atoms. The summed E-state index contributed by atoms with van der Waals surface area (Å²) in [4.78, 5) is 0. The number of aliphatic hydroxyl groups excluding tert-OH is 1. The zero-order valence-corrected chi connectivity index (χ0v) is 13.3. The number of rotatable bonds is 6. The maximum absolute atomic E-state index is 11.1. The first-order valence-electron chi connectivity index (χ1n) is 8.02. The average molecular weight is 296 g/mol. The van der Waals surface area contributed by atoms with Gasteiger partial charge in [-0.3, -0.25) is 0 Å². The van der Waals surface area contributed by atoms with Crippen molar-refractivity contribution in [2.24, 2.45) is 0 Å². The predicted octanol–water partition coefficient (Wildman–Crippen LogP) is 3.68. The minimum atomic E-state index is -0.412. The Morgan fingerprint density at radius 1 is 0.909 bits per heavy atom. The van der Waals surface area contributed by atoms with Crippen molar-refractivity contribution in [2.75, 3.05) is 13.7 Å². The molecule has 0 aliphatic heterocycles. The average Bonchev–Trinajstić information content (AvgIpc) is 3.09. The summed E-state index contributed by atoms with van der Waals surface area (Å²) in [5, 5.41) is 11.1. The second-order valence-electron chi connectivity index (χ2n) is 6.26. The van der Waals surface area contributed by atoms with Gasteiger partial charge in [0.25, 0.3) is 0 Å². The summed E-state index contributed by atoms with van der Waals surface area (Å²) >= 11 is 0. The molecule has 0 heterocycles. The van der Waals surface area contributed by atoms with Crippen LogP contribution in [0.5, 0.6) is 0 Å². The lowest BCUT2D eigenvalue weighted by molar-refractivity contribution is 0.140. The predicted molar refractivity (Wildman–Crippen MR) is 89.0 cm³/mol. The molecule has 22 heavy (non-hydrogen) atoms. The van der Waals surface area contributed by atoms with E-state index in [0.717, 1.165) is 12.8 Å². The molecule has 2 heteroatoms. The van der Waals surface area contributed by atoms with Crippen LogP contribution >= 0.6 is 0 Å². The Kier molecular flexibility index (Phi) is 4.07. The monoisotopic (exact) mass is 296 g/mol. The highest BCUT2D eigenvalue weighted by atomic mass is 16.5. The quantitative estimate of drug-likeness (QED) is 0.881. The van der Waals surface area contributed by atoms with Crippen LogP contribution in [0.25, 0.3) is 0 Å². The third-order valence-electron chi connectivity index (χ3n) is 5.24. The Labute approximate surface area is 132 Å². The molecule has 116 valence electrons. The van der Waals surface area contributed by atoms with Gasteiger partial charge < -0.3 is 9.84 Å². The summed E-state index contributed by atoms with van der Waals surface area (Å²) in [6, 6.07) is 20.7. The van der Waals surface area contributed by atoms with E-state index in [1.165, 1.54) is 11.1 Å². The highest BCUT2D eigenvalue weighted by Gasteiger charge is 2.76. The highest BCUT2D eigenvalue weighted by molar-refractivity contribution is 5.54. The van der Waals surface area contributed by atoms with E-state index in [1.54, 1.807) is 7.11 Å². The SMILES string of the molecule is CCC[C@]1(c2ccccc2)[C@@H](O)[C@]1(COC)c1ccccc1. The Morgan fingerprint density at radius 3 is 1.86 bits per heavy atom. The summed E-state index contributed by atoms with van der Waals surface area (Å²) in [6.45, 7) is 2.71. The molecule has 0 unspecified atom stereocenters. The number of benzene rings is 2. The van der Waals surface area contributed by atoms with E-state index in [4.69, 9.17) is 4.74 Å². The van der Waals surface area contributed by atoms with E-state index in [2.05, 4.69) is 43.3 Å². The fourth-order valence-corrected chi connectivity index (χ4v) is 4.30. The van der Waals surface area contributed by atoms with Crippen LogP contribution in [0.3, 0.4) is 0 Å². The molecule has 0 aromatic heterocycles. The third-order valence-corrected chi connectivity index (χ3v) is 5.24. The molecule has 1 fully saturated rings. The van der Waals surface area contributed by atoms with Crippen LogP contribution in [0.15, 0.2) is 60.7 Å². The molecule has 2 nitrogen and oxygen atoms in total. The van der Waals surface area contributed by atoms with Crippen molar-refractivity contribution in [3.05, 3.63) is 71.8 Å². The lowest BCUT2D eigenvalue weighted by Gasteiger charge is -2.25. The second kappa shape index (κ2) is 5.86. The molecular formula is C20H24O2. The summed E-state index contributed by atoms with van der Waals surface area (Å²) in [6.07, 6.45) is 1.57. The van der Waals surface area contributed by atoms with E-state index >= 15 is 0 Å². The Balaban J connectivity index is 2.14. The molecule has 0 saturated heterocycles. The summed E-state index contributed by atoms with van der Waals surface area (Å²) in [5.41, 5.74) is 1.78. The van der Waals surface area contributed by atoms with E-state index in [9.17, 15) is 5.11 Å². The molecule has 1 N–H and O–H groups in total. The maximum Gasteiger partial charge on any atom is 0.0775 e. The van der Waals surface area contributed by atoms with Crippen molar-refractivity contribution in [1.29, 1.82) is 0 Å². The first kappa shape index (κ1) is 15.3. The van der Waals surface area contributed by atoms with Gasteiger partial charge in [-0.05, 0) is 17.5 Å². The number of methoxy groups -OCH3 is 1. The van der Waals surface area contributed by atoms with Gasteiger partial charge in [-0.1, -0.05) is 74.0 Å². The second-order valence-corrected chi connectivity index (χ2v) is 6.26. The van der Waals surface area contributed by atoms with Crippen molar-refractivity contribution < 1.29 is 9.84 Å². The van der Waals surface area contributed by atoms with Gasteiger partial charge in [-0.25, -0.2) is 0 Å². The smallest absolute Gasteiger partial charge is 0.0775 e. The van der Waals surface area contributed by atoms with E-state index in [-0.39, 0.29) is 10.8 Å². The normalized spacial score (nSPS) is 30.2. The van der Waals surface area contributed by atoms with E-state index in [1.807, 2.05) is 24.3 Å². The van der Waals surface area contributed by atoms with Gasteiger partial charge in [-0.2, -0.15) is 0 Å². The van der Waals surface area contributed by atoms with Crippen LogP contribution in [-0.4, -0.2) is 24.9 Å². The first-order chi connectivity index (χ1) is 10.7. The first-order valence-corrected chi connectivity index (χ1v) is 8.02. The van der Waals surface area contributed by atoms with Gasteiger partial charge in [0.2, 0.25) is 0 Å². The zero-order chi connectivity index (χ0) is 15.6. The van der Waals surface area contributed by atoms with E-state index < -0.39 is 6.10 Å². The summed E-state index contributed by atoms with van der Waals surface area (Å²) < 4.78 is 5.56. The fraction of sp³-hybridized carbons (Fsp3) is 0.400. The Morgan fingerprint density at radius 2 is 1.41 bits per heavy atom. The lowest BCUT2D eigenvalue weighted by Crippen LogP contribution is -2.27. The number of hydrogen-bond acceptors (Lipinski definition) is 2. The van der Waals surface area contributed by atoms with Crippen molar-refractivity contribution in [3.8, 4) is 0 Å². The third kappa shape index (κ3) is 1.94. The molecule has 1 saturated carbocycles. The van der Waals surface area contributed by atoms with E-state index in [0.29, 0.717) is 6.61 Å². The number of aliphatic hydroxyl groups is 1. The van der Waals surface area contributed by atoms with Crippen LogP contribution in [0.1, 0.15) is 30.9 Å². The van der Waals surface area contributed by atoms with Gasteiger partial charge >= 0.3 is 0 Å². The minimum Gasteiger partial charge on any atom is -0.391 e. The van der Waals surface area contributed by atoms with Gasteiger partial charge in [0, 0.05) is 12.5 Å². The summed E-state index contributed by atoms with van der Waals surface area (Å²) in [7, 11) is 1.72. The van der Waals surface area contributed by atoms with Gasteiger partial charge in [-0.15, -0.1) is 0 Å². The Hall–Kier alpha value is -1.64. The molecule has 1 aliphatic carbocycles. The van der Waals surface area contributed by atoms with Crippen LogP contribution in [0, 0.1) is 0 Å². The Bertz CT molecular complexity index is 555. The van der Waals surface area contributed by atoms with Crippen LogP contribution < -0.4 is 0 Å². The van der Waals surface area contributed by atoms with Crippen LogP contribution in [-0.2, 0) is 15.6 Å². The topological polar surface area (TPSA) is 29.5 Å². The van der Waals surface area contributed by atoms with Crippen LogP contribution in [0.4, 0.5) is 0 Å². The molecular weight excluding hydrogens is 272 g/mol. The number of ether oxygens (including phenoxy) is 1. The molecule has 0 amide bonds. The molecule has 2 aromatic carbocycles. The van der Waals surface area contributed by atoms with Crippen LogP contribution in [0.2, 0.25) is 0 Å². The van der Waals surface area contributed by atoms with Gasteiger partial charge in [0.15, 0.2) is 0 Å².